The van der Waals surface area contributed by atoms with E-state index in [9.17, 15) is 18.0 Å². The number of nitrogens with zero attached hydrogens (tertiary/aromatic N) is 1. The second kappa shape index (κ2) is 7.46. The zero-order chi connectivity index (χ0) is 20.6. The molecule has 4 rings (SSSR count). The topological polar surface area (TPSA) is 45.5 Å². The highest BCUT2D eigenvalue weighted by molar-refractivity contribution is 5.84. The van der Waals surface area contributed by atoms with Crippen LogP contribution in [0, 0.1) is 12.8 Å². The molecule has 1 aliphatic rings. The van der Waals surface area contributed by atoms with Crippen LogP contribution in [0.25, 0.3) is 11.0 Å². The highest BCUT2D eigenvalue weighted by Gasteiger charge is 2.41. The summed E-state index contributed by atoms with van der Waals surface area (Å²) >= 11 is 0. The molecule has 0 bridgehead atoms. The Morgan fingerprint density at radius 1 is 1.00 bits per heavy atom. The number of nitrogens with one attached hydrogen (secondary N) is 1. The van der Waals surface area contributed by atoms with E-state index in [0.717, 1.165) is 28.0 Å². The molecule has 0 atom stereocenters. The Morgan fingerprint density at radius 2 is 1.66 bits per heavy atom. The third-order valence-corrected chi connectivity index (χ3v) is 5.43. The molecule has 0 amide bonds. The van der Waals surface area contributed by atoms with Gasteiger partial charge in [0.05, 0.1) is 5.92 Å². The average Bonchev–Trinajstić information content (AvgIpc) is 2.67. The SMILES string of the molecule is Cc1cc(=O)oc2cc(Nc3ccc(N4CCC(C(F)(F)F)CC4)cc3)ccc12. The summed E-state index contributed by atoms with van der Waals surface area (Å²) in [6.45, 7) is 2.67. The van der Waals surface area contributed by atoms with Crippen LogP contribution in [0.5, 0.6) is 0 Å². The van der Waals surface area contributed by atoms with Gasteiger partial charge in [-0.05, 0) is 61.7 Å². The number of halogens is 3. The minimum Gasteiger partial charge on any atom is -0.423 e. The highest BCUT2D eigenvalue weighted by Crippen LogP contribution is 2.35. The van der Waals surface area contributed by atoms with E-state index >= 15 is 0 Å². The largest absolute Gasteiger partial charge is 0.423 e. The number of piperidine rings is 1. The maximum atomic E-state index is 12.8. The Morgan fingerprint density at radius 3 is 2.31 bits per heavy atom. The Bertz CT molecular complexity index is 1070. The summed E-state index contributed by atoms with van der Waals surface area (Å²) in [7, 11) is 0. The van der Waals surface area contributed by atoms with Gasteiger partial charge >= 0.3 is 11.8 Å². The van der Waals surface area contributed by atoms with Crippen molar-refractivity contribution in [2.75, 3.05) is 23.3 Å². The molecule has 0 spiro atoms. The van der Waals surface area contributed by atoms with Gasteiger partial charge in [0.25, 0.3) is 0 Å². The second-order valence-electron chi connectivity index (χ2n) is 7.43. The van der Waals surface area contributed by atoms with Gasteiger partial charge in [0.2, 0.25) is 0 Å². The van der Waals surface area contributed by atoms with E-state index in [4.69, 9.17) is 4.42 Å². The van der Waals surface area contributed by atoms with Crippen molar-refractivity contribution >= 4 is 28.0 Å². The first kappa shape index (κ1) is 19.4. The molecule has 1 fully saturated rings. The van der Waals surface area contributed by atoms with Crippen molar-refractivity contribution in [2.24, 2.45) is 5.92 Å². The van der Waals surface area contributed by atoms with E-state index in [1.165, 1.54) is 6.07 Å². The predicted octanol–water partition coefficient (Wildman–Crippen LogP) is 5.62. The van der Waals surface area contributed by atoms with Gasteiger partial charge in [-0.3, -0.25) is 0 Å². The van der Waals surface area contributed by atoms with E-state index in [1.54, 1.807) is 6.07 Å². The summed E-state index contributed by atoms with van der Waals surface area (Å²) in [6, 6.07) is 14.6. The summed E-state index contributed by atoms with van der Waals surface area (Å²) in [4.78, 5) is 13.6. The van der Waals surface area contributed by atoms with Gasteiger partial charge in [0, 0.05) is 47.7 Å². The molecule has 3 aromatic rings. The molecule has 7 heteroatoms. The number of benzene rings is 2. The molecule has 0 unspecified atom stereocenters. The maximum absolute atomic E-state index is 12.8. The van der Waals surface area contributed by atoms with Crippen LogP contribution < -0.4 is 15.8 Å². The van der Waals surface area contributed by atoms with Crippen molar-refractivity contribution in [3.8, 4) is 0 Å². The summed E-state index contributed by atoms with van der Waals surface area (Å²) < 4.78 is 43.7. The summed E-state index contributed by atoms with van der Waals surface area (Å²) in [5.41, 5.74) is 3.53. The van der Waals surface area contributed by atoms with Crippen LogP contribution in [0.4, 0.5) is 30.2 Å². The number of fused-ring (bicyclic) bond motifs is 1. The molecule has 0 radical (unpaired) electrons. The van der Waals surface area contributed by atoms with Gasteiger partial charge in [-0.2, -0.15) is 13.2 Å². The number of rotatable bonds is 3. The van der Waals surface area contributed by atoms with Gasteiger partial charge in [0.15, 0.2) is 0 Å². The molecule has 2 aromatic carbocycles. The molecule has 1 saturated heterocycles. The fourth-order valence-electron chi connectivity index (χ4n) is 3.79. The molecule has 0 saturated carbocycles. The lowest BCUT2D eigenvalue weighted by atomic mass is 9.96. The normalized spacial score (nSPS) is 15.7. The lowest BCUT2D eigenvalue weighted by Crippen LogP contribution is -2.38. The first-order valence-corrected chi connectivity index (χ1v) is 9.53. The van der Waals surface area contributed by atoms with E-state index in [-0.39, 0.29) is 18.5 Å². The van der Waals surface area contributed by atoms with Crippen LogP contribution in [-0.2, 0) is 0 Å². The maximum Gasteiger partial charge on any atom is 0.391 e. The number of alkyl halides is 3. The van der Waals surface area contributed by atoms with Crippen molar-refractivity contribution in [2.45, 2.75) is 25.9 Å². The lowest BCUT2D eigenvalue weighted by Gasteiger charge is -2.34. The highest BCUT2D eigenvalue weighted by atomic mass is 19.4. The molecule has 2 heterocycles. The number of anilines is 3. The Hall–Kier alpha value is -2.96. The van der Waals surface area contributed by atoms with Gasteiger partial charge in [-0.25, -0.2) is 4.79 Å². The Kier molecular flexibility index (Phi) is 4.98. The predicted molar refractivity (Wildman–Crippen MR) is 108 cm³/mol. The first-order chi connectivity index (χ1) is 13.8. The molecule has 4 nitrogen and oxygen atoms in total. The first-order valence-electron chi connectivity index (χ1n) is 9.53. The molecular formula is C22H21F3N2O2. The van der Waals surface area contributed by atoms with Gasteiger partial charge in [-0.15, -0.1) is 0 Å². The number of hydrogen-bond donors (Lipinski definition) is 1. The molecule has 1 aromatic heterocycles. The van der Waals surface area contributed by atoms with Crippen molar-refractivity contribution in [3.63, 3.8) is 0 Å². The Balaban J connectivity index is 1.45. The van der Waals surface area contributed by atoms with E-state index in [1.807, 2.05) is 48.2 Å². The molecular weight excluding hydrogens is 381 g/mol. The number of hydrogen-bond acceptors (Lipinski definition) is 4. The van der Waals surface area contributed by atoms with Crippen LogP contribution in [0.3, 0.4) is 0 Å². The van der Waals surface area contributed by atoms with Crippen molar-refractivity contribution in [3.05, 3.63) is 64.5 Å². The van der Waals surface area contributed by atoms with Crippen LogP contribution >= 0.6 is 0 Å². The van der Waals surface area contributed by atoms with Gasteiger partial charge < -0.3 is 14.6 Å². The molecule has 29 heavy (non-hydrogen) atoms. The van der Waals surface area contributed by atoms with E-state index < -0.39 is 12.1 Å². The summed E-state index contributed by atoms with van der Waals surface area (Å²) in [5, 5.41) is 4.14. The van der Waals surface area contributed by atoms with Gasteiger partial charge in [0.1, 0.15) is 5.58 Å². The van der Waals surface area contributed by atoms with Crippen LogP contribution in [0.2, 0.25) is 0 Å². The average molecular weight is 402 g/mol. The van der Waals surface area contributed by atoms with Crippen LogP contribution in [0.15, 0.2) is 57.7 Å². The Labute approximate surface area is 165 Å². The quantitative estimate of drug-likeness (QED) is 0.577. The summed E-state index contributed by atoms with van der Waals surface area (Å²) in [5.74, 6) is -1.20. The van der Waals surface area contributed by atoms with Crippen molar-refractivity contribution in [1.29, 1.82) is 0 Å². The zero-order valence-corrected chi connectivity index (χ0v) is 15.9. The fraction of sp³-hybridized carbons (Fsp3) is 0.318. The third kappa shape index (κ3) is 4.23. The monoisotopic (exact) mass is 402 g/mol. The zero-order valence-electron chi connectivity index (χ0n) is 15.9. The second-order valence-corrected chi connectivity index (χ2v) is 7.43. The minimum absolute atomic E-state index is 0.130. The number of aryl methyl sites for hydroxylation is 1. The molecule has 1 aliphatic heterocycles. The van der Waals surface area contributed by atoms with Crippen molar-refractivity contribution < 1.29 is 17.6 Å². The van der Waals surface area contributed by atoms with Crippen molar-refractivity contribution in [1.82, 2.24) is 0 Å². The minimum atomic E-state index is -4.10. The molecule has 152 valence electrons. The molecule has 0 aliphatic carbocycles. The standard InChI is InChI=1S/C22H21F3N2O2/c1-14-12-21(28)29-20-13-17(4-7-19(14)20)26-16-2-5-18(6-3-16)27-10-8-15(9-11-27)22(23,24)25/h2-7,12-13,15,26H,8-11H2,1H3. The fourth-order valence-corrected chi connectivity index (χ4v) is 3.79. The van der Waals surface area contributed by atoms with E-state index in [0.29, 0.717) is 18.7 Å². The van der Waals surface area contributed by atoms with Crippen LogP contribution in [0.1, 0.15) is 18.4 Å². The lowest BCUT2D eigenvalue weighted by molar-refractivity contribution is -0.179. The van der Waals surface area contributed by atoms with Crippen LogP contribution in [-0.4, -0.2) is 19.3 Å². The van der Waals surface area contributed by atoms with E-state index in [2.05, 4.69) is 5.32 Å². The summed E-state index contributed by atoms with van der Waals surface area (Å²) in [6.07, 6.45) is -3.84. The third-order valence-electron chi connectivity index (χ3n) is 5.43. The molecule has 1 N–H and O–H groups in total. The smallest absolute Gasteiger partial charge is 0.391 e. The van der Waals surface area contributed by atoms with Gasteiger partial charge in [-0.1, -0.05) is 0 Å².